The zero-order valence-corrected chi connectivity index (χ0v) is 27.7. The SMILES string of the molecule is CC(=O)N[C@H](C(=O)N[C@H](C(=O)C1C[C@H](Oc2ccc(-c3ccccc3)cc2)C[C@H]1C(=O)CC1(C(=O)O)CC1)C(C)C)C1CCCCC1. The van der Waals surface area contributed by atoms with Gasteiger partial charge in [-0.05, 0) is 73.6 Å². The van der Waals surface area contributed by atoms with Crippen LogP contribution < -0.4 is 15.4 Å². The van der Waals surface area contributed by atoms with Gasteiger partial charge in [0.15, 0.2) is 5.78 Å². The number of ether oxygens (including phenoxy) is 1. The van der Waals surface area contributed by atoms with Crippen LogP contribution in [0.15, 0.2) is 54.6 Å². The van der Waals surface area contributed by atoms with Gasteiger partial charge < -0.3 is 20.5 Å². The third-order valence-electron chi connectivity index (χ3n) is 10.4. The molecule has 0 saturated heterocycles. The molecule has 5 rings (SSSR count). The van der Waals surface area contributed by atoms with E-state index in [2.05, 4.69) is 10.6 Å². The Morgan fingerprint density at radius 2 is 1.47 bits per heavy atom. The Morgan fingerprint density at radius 1 is 0.851 bits per heavy atom. The number of rotatable bonds is 14. The second-order valence-corrected chi connectivity index (χ2v) is 14.3. The minimum absolute atomic E-state index is 0.00631. The van der Waals surface area contributed by atoms with Gasteiger partial charge in [-0.3, -0.25) is 24.0 Å². The first-order chi connectivity index (χ1) is 22.5. The standard InChI is InChI=1S/C38H48N2O7/c1-23(2)33(40-36(44)34(39-24(3)41)27-12-8-5-9-13-27)35(43)31-21-29(20-30(31)32(42)22-38(18-19-38)37(45)46)47-28-16-14-26(15-17-28)25-10-6-4-7-11-25/h4,6-7,10-11,14-17,23,27,29-31,33-34H,5,8-9,12-13,18-22H2,1-3H3,(H,39,41)(H,40,44)(H,45,46)/t29-,30-,31?,33+,34+/m1/s1. The van der Waals surface area contributed by atoms with Crippen molar-refractivity contribution >= 4 is 29.4 Å². The second kappa shape index (κ2) is 14.8. The van der Waals surface area contributed by atoms with Crippen molar-refractivity contribution in [2.45, 2.75) is 103 Å². The summed E-state index contributed by atoms with van der Waals surface area (Å²) in [5.41, 5.74) is 1.07. The molecule has 0 bridgehead atoms. The summed E-state index contributed by atoms with van der Waals surface area (Å²) < 4.78 is 6.35. The molecule has 2 amide bonds. The summed E-state index contributed by atoms with van der Waals surface area (Å²) in [6.07, 6.45) is 5.65. The number of carbonyl (C=O) groups excluding carboxylic acids is 4. The van der Waals surface area contributed by atoms with Gasteiger partial charge in [-0.2, -0.15) is 0 Å². The van der Waals surface area contributed by atoms with E-state index in [1.807, 2.05) is 68.4 Å². The van der Waals surface area contributed by atoms with Crippen molar-refractivity contribution in [3.05, 3.63) is 54.6 Å². The van der Waals surface area contributed by atoms with E-state index in [0.29, 0.717) is 25.0 Å². The maximum atomic E-state index is 14.3. The van der Waals surface area contributed by atoms with Crippen LogP contribution in [0.3, 0.4) is 0 Å². The summed E-state index contributed by atoms with van der Waals surface area (Å²) in [4.78, 5) is 65.8. The number of Topliss-reactive ketones (excluding diaryl/α,β-unsaturated/α-hetero) is 2. The highest BCUT2D eigenvalue weighted by molar-refractivity contribution is 5.98. The van der Waals surface area contributed by atoms with Crippen LogP contribution in [0.2, 0.25) is 0 Å². The highest BCUT2D eigenvalue weighted by Gasteiger charge is 2.54. The van der Waals surface area contributed by atoms with E-state index in [1.54, 1.807) is 0 Å². The topological polar surface area (TPSA) is 139 Å². The van der Waals surface area contributed by atoms with E-state index < -0.39 is 41.4 Å². The van der Waals surface area contributed by atoms with Crippen molar-refractivity contribution in [2.75, 3.05) is 0 Å². The third-order valence-corrected chi connectivity index (χ3v) is 10.4. The molecule has 3 aliphatic carbocycles. The van der Waals surface area contributed by atoms with E-state index in [0.717, 1.165) is 43.2 Å². The summed E-state index contributed by atoms with van der Waals surface area (Å²) in [7, 11) is 0. The molecule has 0 aliphatic heterocycles. The summed E-state index contributed by atoms with van der Waals surface area (Å²) in [6.45, 7) is 5.10. The Balaban J connectivity index is 1.34. The molecule has 3 N–H and O–H groups in total. The molecule has 0 heterocycles. The maximum absolute atomic E-state index is 14.3. The Hall–Kier alpha value is -4.01. The third kappa shape index (κ3) is 8.29. The van der Waals surface area contributed by atoms with Crippen molar-refractivity contribution < 1.29 is 33.8 Å². The van der Waals surface area contributed by atoms with Gasteiger partial charge in [-0.15, -0.1) is 0 Å². The molecule has 2 aromatic carbocycles. The molecular formula is C38H48N2O7. The first kappa shape index (κ1) is 34.3. The van der Waals surface area contributed by atoms with E-state index in [-0.39, 0.29) is 48.1 Å². The molecule has 9 nitrogen and oxygen atoms in total. The van der Waals surface area contributed by atoms with Crippen molar-refractivity contribution in [1.82, 2.24) is 10.6 Å². The largest absolute Gasteiger partial charge is 0.490 e. The average molecular weight is 645 g/mol. The first-order valence-electron chi connectivity index (χ1n) is 17.2. The van der Waals surface area contributed by atoms with Crippen molar-refractivity contribution in [2.24, 2.45) is 29.1 Å². The monoisotopic (exact) mass is 644 g/mol. The fourth-order valence-electron chi connectivity index (χ4n) is 7.51. The predicted octanol–water partition coefficient (Wildman–Crippen LogP) is 5.75. The van der Waals surface area contributed by atoms with Gasteiger partial charge in [0.2, 0.25) is 11.8 Å². The van der Waals surface area contributed by atoms with E-state index in [1.165, 1.54) is 6.92 Å². The molecule has 0 spiro atoms. The molecule has 1 unspecified atom stereocenters. The first-order valence-corrected chi connectivity index (χ1v) is 17.2. The average Bonchev–Trinajstić information content (AvgIpc) is 3.73. The quantitative estimate of drug-likeness (QED) is 0.238. The van der Waals surface area contributed by atoms with E-state index in [4.69, 9.17) is 4.74 Å². The minimum Gasteiger partial charge on any atom is -0.490 e. The summed E-state index contributed by atoms with van der Waals surface area (Å²) in [5.74, 6) is -3.24. The highest BCUT2D eigenvalue weighted by Crippen LogP contribution is 2.51. The molecule has 0 radical (unpaired) electrons. The normalized spacial score (nSPS) is 23.4. The van der Waals surface area contributed by atoms with Crippen molar-refractivity contribution in [3.63, 3.8) is 0 Å². The summed E-state index contributed by atoms with van der Waals surface area (Å²) in [6, 6.07) is 16.1. The molecule has 3 saturated carbocycles. The van der Waals surface area contributed by atoms with Crippen LogP contribution in [0.4, 0.5) is 0 Å². The number of carboxylic acids is 1. The molecule has 3 fully saturated rings. The molecular weight excluding hydrogens is 596 g/mol. The van der Waals surface area contributed by atoms with Crippen LogP contribution in [0.1, 0.15) is 85.0 Å². The Kier molecular flexibility index (Phi) is 10.8. The fourth-order valence-corrected chi connectivity index (χ4v) is 7.51. The predicted molar refractivity (Wildman–Crippen MR) is 177 cm³/mol. The zero-order valence-electron chi connectivity index (χ0n) is 27.7. The lowest BCUT2D eigenvalue weighted by Crippen LogP contribution is -2.56. The van der Waals surface area contributed by atoms with Crippen molar-refractivity contribution in [3.8, 4) is 16.9 Å². The Bertz CT molecular complexity index is 1440. The number of amides is 2. The molecule has 9 heteroatoms. The summed E-state index contributed by atoms with van der Waals surface area (Å²) in [5, 5.41) is 15.6. The van der Waals surface area contributed by atoms with Crippen molar-refractivity contribution in [1.29, 1.82) is 0 Å². The van der Waals surface area contributed by atoms with Gasteiger partial charge in [0, 0.05) is 25.2 Å². The van der Waals surface area contributed by atoms with Gasteiger partial charge in [0.1, 0.15) is 23.7 Å². The van der Waals surface area contributed by atoms with Crippen LogP contribution in [-0.2, 0) is 24.0 Å². The number of ketones is 2. The summed E-state index contributed by atoms with van der Waals surface area (Å²) >= 11 is 0. The smallest absolute Gasteiger partial charge is 0.310 e. The van der Waals surface area contributed by atoms with Gasteiger partial charge in [0.25, 0.3) is 0 Å². The second-order valence-electron chi connectivity index (χ2n) is 14.3. The van der Waals surface area contributed by atoms with Gasteiger partial charge >= 0.3 is 5.97 Å². The molecule has 2 aromatic rings. The zero-order chi connectivity index (χ0) is 33.7. The van der Waals surface area contributed by atoms with E-state index in [9.17, 15) is 29.1 Å². The molecule has 0 aromatic heterocycles. The number of carboxylic acid groups (broad SMARTS) is 1. The Labute approximate surface area is 277 Å². The highest BCUT2D eigenvalue weighted by atomic mass is 16.5. The van der Waals surface area contributed by atoms with Crippen LogP contribution in [-0.4, -0.2) is 52.6 Å². The molecule has 3 aliphatic rings. The number of hydrogen-bond donors (Lipinski definition) is 3. The fraction of sp³-hybridized carbons (Fsp3) is 0.553. The molecule has 47 heavy (non-hydrogen) atoms. The van der Waals surface area contributed by atoms with Crippen LogP contribution >= 0.6 is 0 Å². The number of hydrogen-bond acceptors (Lipinski definition) is 6. The van der Waals surface area contributed by atoms with Gasteiger partial charge in [0.05, 0.1) is 11.5 Å². The van der Waals surface area contributed by atoms with Crippen LogP contribution in [0.25, 0.3) is 11.1 Å². The molecule has 252 valence electrons. The number of nitrogens with one attached hydrogen (secondary N) is 2. The van der Waals surface area contributed by atoms with E-state index >= 15 is 0 Å². The number of carbonyl (C=O) groups is 5. The van der Waals surface area contributed by atoms with Crippen LogP contribution in [0.5, 0.6) is 5.75 Å². The lowest BCUT2D eigenvalue weighted by atomic mass is 9.79. The van der Waals surface area contributed by atoms with Crippen LogP contribution in [0, 0.1) is 29.1 Å². The number of benzene rings is 2. The Morgan fingerprint density at radius 3 is 2.04 bits per heavy atom. The lowest BCUT2D eigenvalue weighted by Gasteiger charge is -2.32. The number of aliphatic carboxylic acids is 1. The van der Waals surface area contributed by atoms with Gasteiger partial charge in [-0.25, -0.2) is 0 Å². The lowest BCUT2D eigenvalue weighted by molar-refractivity contribution is -0.146. The molecule has 5 atom stereocenters. The van der Waals surface area contributed by atoms with Gasteiger partial charge in [-0.1, -0.05) is 75.6 Å². The minimum atomic E-state index is -1.05. The maximum Gasteiger partial charge on any atom is 0.310 e.